The number of amides is 2. The quantitative estimate of drug-likeness (QED) is 0.685. The molecular formula is C19H15N3O4. The Balaban J connectivity index is 1.59. The van der Waals surface area contributed by atoms with E-state index in [1.54, 1.807) is 18.2 Å². The van der Waals surface area contributed by atoms with Crippen molar-refractivity contribution in [2.75, 3.05) is 18.5 Å². The van der Waals surface area contributed by atoms with E-state index in [0.29, 0.717) is 17.2 Å². The number of carbonyl (C=O) groups excluding carboxylic acids is 2. The van der Waals surface area contributed by atoms with Crippen molar-refractivity contribution < 1.29 is 19.1 Å². The number of nitrogens with one attached hydrogen (secondary N) is 1. The highest BCUT2D eigenvalue weighted by Gasteiger charge is 2.30. The molecule has 0 spiro atoms. The lowest BCUT2D eigenvalue weighted by molar-refractivity contribution is -0.137. The predicted molar refractivity (Wildman–Crippen MR) is 95.0 cm³/mol. The fourth-order valence-corrected chi connectivity index (χ4v) is 2.79. The number of aliphatic hydroxyl groups is 1. The molecule has 2 amide bonds. The maximum Gasteiger partial charge on any atom is 0.277 e. The van der Waals surface area contributed by atoms with Gasteiger partial charge < -0.3 is 14.8 Å². The molecule has 2 aromatic carbocycles. The van der Waals surface area contributed by atoms with Crippen LogP contribution in [0.4, 0.5) is 5.69 Å². The number of oxazole rings is 1. The molecule has 0 radical (unpaired) electrons. The lowest BCUT2D eigenvalue weighted by atomic mass is 10.2. The molecule has 1 aliphatic rings. The van der Waals surface area contributed by atoms with E-state index >= 15 is 0 Å². The van der Waals surface area contributed by atoms with E-state index < -0.39 is 11.8 Å². The Bertz CT molecular complexity index is 1000. The van der Waals surface area contributed by atoms with E-state index in [2.05, 4.69) is 10.3 Å². The third kappa shape index (κ3) is 2.84. The third-order valence-corrected chi connectivity index (χ3v) is 4.02. The van der Waals surface area contributed by atoms with Gasteiger partial charge in [0, 0.05) is 17.3 Å². The molecule has 1 aliphatic heterocycles. The molecule has 0 unspecified atom stereocenters. The number of carbonyl (C=O) groups is 2. The Labute approximate surface area is 148 Å². The monoisotopic (exact) mass is 349 g/mol. The first-order valence-electron chi connectivity index (χ1n) is 8.07. The summed E-state index contributed by atoms with van der Waals surface area (Å²) in [6.45, 7) is -0.298. The van der Waals surface area contributed by atoms with Crippen LogP contribution in [0, 0.1) is 0 Å². The number of hydrogen-bond acceptors (Lipinski definition) is 6. The van der Waals surface area contributed by atoms with E-state index in [1.165, 1.54) is 6.08 Å². The van der Waals surface area contributed by atoms with Gasteiger partial charge in [0.05, 0.1) is 13.2 Å². The van der Waals surface area contributed by atoms with E-state index in [1.807, 2.05) is 30.3 Å². The predicted octanol–water partition coefficient (Wildman–Crippen LogP) is 2.15. The van der Waals surface area contributed by atoms with Crippen molar-refractivity contribution in [2.45, 2.75) is 0 Å². The Kier molecular flexibility index (Phi) is 3.98. The number of aromatic nitrogens is 1. The van der Waals surface area contributed by atoms with Gasteiger partial charge in [-0.15, -0.1) is 0 Å². The Morgan fingerprint density at radius 3 is 2.77 bits per heavy atom. The van der Waals surface area contributed by atoms with Crippen molar-refractivity contribution >= 4 is 28.6 Å². The number of benzene rings is 2. The Morgan fingerprint density at radius 2 is 1.96 bits per heavy atom. The number of hydrogen-bond donors (Lipinski definition) is 2. The molecule has 0 saturated heterocycles. The summed E-state index contributed by atoms with van der Waals surface area (Å²) in [4.78, 5) is 29.5. The van der Waals surface area contributed by atoms with Crippen LogP contribution in [-0.4, -0.2) is 40.0 Å². The van der Waals surface area contributed by atoms with Crippen LogP contribution in [-0.2, 0) is 9.59 Å². The lowest BCUT2D eigenvalue weighted by Gasteiger charge is -2.13. The number of fused-ring (bicyclic) bond motifs is 1. The van der Waals surface area contributed by atoms with Crippen molar-refractivity contribution in [1.29, 1.82) is 0 Å². The van der Waals surface area contributed by atoms with Gasteiger partial charge in [0.2, 0.25) is 5.89 Å². The van der Waals surface area contributed by atoms with Gasteiger partial charge in [-0.3, -0.25) is 14.5 Å². The molecule has 7 heteroatoms. The molecule has 2 heterocycles. The van der Waals surface area contributed by atoms with Crippen LogP contribution in [0.3, 0.4) is 0 Å². The fourth-order valence-electron chi connectivity index (χ4n) is 2.79. The second-order valence-corrected chi connectivity index (χ2v) is 5.77. The minimum atomic E-state index is -0.462. The zero-order valence-corrected chi connectivity index (χ0v) is 13.7. The van der Waals surface area contributed by atoms with Gasteiger partial charge in [-0.05, 0) is 30.3 Å². The maximum absolute atomic E-state index is 12.2. The smallest absolute Gasteiger partial charge is 0.277 e. The number of anilines is 1. The van der Waals surface area contributed by atoms with Crippen molar-refractivity contribution in [3.05, 3.63) is 60.3 Å². The third-order valence-electron chi connectivity index (χ3n) is 4.02. The van der Waals surface area contributed by atoms with Gasteiger partial charge in [-0.2, -0.15) is 0 Å². The second kappa shape index (κ2) is 6.45. The van der Waals surface area contributed by atoms with Crippen molar-refractivity contribution in [3.8, 4) is 11.5 Å². The maximum atomic E-state index is 12.2. The van der Waals surface area contributed by atoms with E-state index in [4.69, 9.17) is 9.52 Å². The number of para-hydroxylation sites is 2. The highest BCUT2D eigenvalue weighted by Crippen LogP contribution is 2.27. The summed E-state index contributed by atoms with van der Waals surface area (Å²) in [5.74, 6) is -0.433. The molecular weight excluding hydrogens is 334 g/mol. The van der Waals surface area contributed by atoms with Crippen LogP contribution < -0.4 is 5.32 Å². The summed E-state index contributed by atoms with van der Waals surface area (Å²) in [5.41, 5.74) is 3.00. The summed E-state index contributed by atoms with van der Waals surface area (Å²) in [6.07, 6.45) is 1.23. The lowest BCUT2D eigenvalue weighted by Crippen LogP contribution is -2.34. The van der Waals surface area contributed by atoms with Crippen molar-refractivity contribution in [3.63, 3.8) is 0 Å². The standard InChI is InChI=1S/C19H15N3O4/c23-9-8-22-17(24)11-15(19(22)25)20-13-5-3-4-12(10-13)18-21-14-6-1-2-7-16(14)26-18/h1-7,10-11,20,23H,8-9H2. The van der Waals surface area contributed by atoms with Crippen LogP contribution in [0.25, 0.3) is 22.6 Å². The number of nitrogens with zero attached hydrogens (tertiary/aromatic N) is 2. The zero-order valence-electron chi connectivity index (χ0n) is 13.7. The van der Waals surface area contributed by atoms with Crippen molar-refractivity contribution in [2.24, 2.45) is 0 Å². The second-order valence-electron chi connectivity index (χ2n) is 5.77. The summed E-state index contributed by atoms with van der Waals surface area (Å²) >= 11 is 0. The fraction of sp³-hybridized carbons (Fsp3) is 0.105. The van der Waals surface area contributed by atoms with E-state index in [9.17, 15) is 9.59 Å². The summed E-state index contributed by atoms with van der Waals surface area (Å²) in [7, 11) is 0. The number of imide groups is 1. The van der Waals surface area contributed by atoms with Crippen LogP contribution in [0.1, 0.15) is 0 Å². The summed E-state index contributed by atoms with van der Waals surface area (Å²) in [6, 6.07) is 14.7. The average molecular weight is 349 g/mol. The minimum Gasteiger partial charge on any atom is -0.436 e. The zero-order chi connectivity index (χ0) is 18.1. The molecule has 0 atom stereocenters. The molecule has 0 fully saturated rings. The topological polar surface area (TPSA) is 95.7 Å². The Hall–Kier alpha value is -3.45. The van der Waals surface area contributed by atoms with Gasteiger partial charge >= 0.3 is 0 Å². The Morgan fingerprint density at radius 1 is 1.12 bits per heavy atom. The van der Waals surface area contributed by atoms with Crippen LogP contribution in [0.5, 0.6) is 0 Å². The van der Waals surface area contributed by atoms with Gasteiger partial charge in [0.1, 0.15) is 11.2 Å². The SMILES string of the molecule is O=C1C=C(Nc2cccc(-c3nc4ccccc4o3)c2)C(=O)N1CCO. The average Bonchev–Trinajstić information content (AvgIpc) is 3.19. The van der Waals surface area contributed by atoms with Gasteiger partial charge in [0.15, 0.2) is 5.58 Å². The molecule has 7 nitrogen and oxygen atoms in total. The highest BCUT2D eigenvalue weighted by molar-refractivity contribution is 6.17. The first-order valence-corrected chi connectivity index (χ1v) is 8.07. The molecule has 1 aromatic heterocycles. The van der Waals surface area contributed by atoms with Crippen molar-refractivity contribution in [1.82, 2.24) is 9.88 Å². The van der Waals surface area contributed by atoms with Crippen LogP contribution >= 0.6 is 0 Å². The summed E-state index contributed by atoms with van der Waals surface area (Å²) in [5, 5.41) is 11.9. The molecule has 2 N–H and O–H groups in total. The molecule has 0 bridgehead atoms. The highest BCUT2D eigenvalue weighted by atomic mass is 16.3. The molecule has 4 rings (SSSR count). The van der Waals surface area contributed by atoms with E-state index in [-0.39, 0.29) is 18.8 Å². The molecule has 0 saturated carbocycles. The minimum absolute atomic E-state index is 0.0255. The molecule has 26 heavy (non-hydrogen) atoms. The van der Waals surface area contributed by atoms with Gasteiger partial charge in [-0.25, -0.2) is 4.98 Å². The van der Waals surface area contributed by atoms with Crippen LogP contribution in [0.2, 0.25) is 0 Å². The first kappa shape index (κ1) is 16.0. The number of β-amino-alcohol motifs (C(OH)–C–C–N with tert-alkyl or cyclic N) is 1. The number of rotatable bonds is 5. The molecule has 3 aromatic rings. The summed E-state index contributed by atoms with van der Waals surface area (Å²) < 4.78 is 5.76. The largest absolute Gasteiger partial charge is 0.436 e. The van der Waals surface area contributed by atoms with Crippen LogP contribution in [0.15, 0.2) is 64.7 Å². The normalized spacial score (nSPS) is 14.2. The van der Waals surface area contributed by atoms with E-state index in [0.717, 1.165) is 16.0 Å². The first-order chi connectivity index (χ1) is 12.7. The van der Waals surface area contributed by atoms with Gasteiger partial charge in [0.25, 0.3) is 11.8 Å². The number of aliphatic hydroxyl groups excluding tert-OH is 1. The van der Waals surface area contributed by atoms with Gasteiger partial charge in [-0.1, -0.05) is 18.2 Å². The molecule has 0 aliphatic carbocycles. The molecule has 130 valence electrons.